The van der Waals surface area contributed by atoms with Gasteiger partial charge in [-0.05, 0) is 61.7 Å². The lowest BCUT2D eigenvalue weighted by Crippen LogP contribution is -2.48. The normalized spacial score (nSPS) is 13.9. The summed E-state index contributed by atoms with van der Waals surface area (Å²) in [5.41, 5.74) is -0.845. The predicted octanol–water partition coefficient (Wildman–Crippen LogP) is 5.29. The van der Waals surface area contributed by atoms with Gasteiger partial charge in [-0.2, -0.15) is 13.2 Å². The zero-order valence-electron chi connectivity index (χ0n) is 20.5. The van der Waals surface area contributed by atoms with E-state index < -0.39 is 17.3 Å². The Labute approximate surface area is 222 Å². The molecule has 1 aliphatic carbocycles. The summed E-state index contributed by atoms with van der Waals surface area (Å²) < 4.78 is 40.0. The quantitative estimate of drug-likeness (QED) is 0.275. The molecule has 0 unspecified atom stereocenters. The van der Waals surface area contributed by atoms with Crippen molar-refractivity contribution in [3.8, 4) is 0 Å². The number of benzene rings is 1. The number of rotatable bonds is 10. The maximum atomic E-state index is 13.3. The zero-order valence-corrected chi connectivity index (χ0v) is 21.2. The molecular formula is C26H26ClF3N6O2. The molecule has 0 saturated heterocycles. The molecule has 0 radical (unpaired) electrons. The van der Waals surface area contributed by atoms with Crippen molar-refractivity contribution < 1.29 is 22.8 Å². The molecule has 0 bridgehead atoms. The van der Waals surface area contributed by atoms with Gasteiger partial charge in [0, 0.05) is 17.8 Å². The minimum Gasteiger partial charge on any atom is -0.370 e. The highest BCUT2D eigenvalue weighted by molar-refractivity contribution is 6.30. The van der Waals surface area contributed by atoms with E-state index in [1.165, 1.54) is 24.5 Å². The number of hydrogen-bond donors (Lipinski definition) is 4. The predicted molar refractivity (Wildman–Crippen MR) is 138 cm³/mol. The van der Waals surface area contributed by atoms with E-state index in [2.05, 4.69) is 31.2 Å². The fourth-order valence-electron chi connectivity index (χ4n) is 3.67. The Balaban J connectivity index is 1.31. The van der Waals surface area contributed by atoms with Gasteiger partial charge in [0.25, 0.3) is 5.91 Å². The van der Waals surface area contributed by atoms with Gasteiger partial charge in [0.15, 0.2) is 0 Å². The highest BCUT2D eigenvalue weighted by Crippen LogP contribution is 2.38. The van der Waals surface area contributed by atoms with Crippen LogP contribution in [-0.2, 0) is 17.5 Å². The van der Waals surface area contributed by atoms with Crippen molar-refractivity contribution in [2.45, 2.75) is 44.4 Å². The Kier molecular flexibility index (Phi) is 8.05. The highest BCUT2D eigenvalue weighted by atomic mass is 35.5. The molecule has 0 spiro atoms. The van der Waals surface area contributed by atoms with Crippen molar-refractivity contribution in [2.24, 2.45) is 0 Å². The van der Waals surface area contributed by atoms with Gasteiger partial charge >= 0.3 is 6.18 Å². The monoisotopic (exact) mass is 546 g/mol. The van der Waals surface area contributed by atoms with Gasteiger partial charge in [-0.3, -0.25) is 14.6 Å². The molecule has 1 aliphatic rings. The number of nitrogens with zero attached hydrogens (tertiary/aromatic N) is 2. The van der Waals surface area contributed by atoms with E-state index in [4.69, 9.17) is 11.6 Å². The van der Waals surface area contributed by atoms with E-state index in [-0.39, 0.29) is 29.1 Å². The van der Waals surface area contributed by atoms with Crippen molar-refractivity contribution in [1.29, 1.82) is 0 Å². The van der Waals surface area contributed by atoms with Gasteiger partial charge < -0.3 is 21.3 Å². The van der Waals surface area contributed by atoms with Crippen molar-refractivity contribution in [2.75, 3.05) is 17.2 Å². The molecule has 2 heterocycles. The van der Waals surface area contributed by atoms with Crippen LogP contribution in [0.4, 0.5) is 30.4 Å². The van der Waals surface area contributed by atoms with Gasteiger partial charge in [0.1, 0.15) is 11.4 Å². The van der Waals surface area contributed by atoms with E-state index in [1.54, 1.807) is 24.3 Å². The van der Waals surface area contributed by atoms with Crippen molar-refractivity contribution in [1.82, 2.24) is 20.6 Å². The van der Waals surface area contributed by atoms with Crippen molar-refractivity contribution in [3.63, 3.8) is 0 Å². The van der Waals surface area contributed by atoms with E-state index in [0.29, 0.717) is 35.6 Å². The van der Waals surface area contributed by atoms with Crippen LogP contribution in [0.5, 0.6) is 0 Å². The number of pyridine rings is 2. The summed E-state index contributed by atoms with van der Waals surface area (Å²) in [4.78, 5) is 33.9. The standard InChI is InChI=1S/C26H26ClF3N6O2/c1-2-11-31-22-8-3-16(13-33-22)23(37)36-25(9-10-25)24(38)34-14-18-5-6-19(15-32-18)35-21-7-4-17(27)12-20(21)26(28,29)30/h3-8,12-13,15,35H,2,9-11,14H2,1H3,(H,31,33)(H,34,38)(H,36,37). The first kappa shape index (κ1) is 27.2. The average Bonchev–Trinajstić information content (AvgIpc) is 3.68. The molecule has 4 N–H and O–H groups in total. The van der Waals surface area contributed by atoms with Crippen LogP contribution < -0.4 is 21.3 Å². The molecule has 8 nitrogen and oxygen atoms in total. The number of amides is 2. The molecule has 0 atom stereocenters. The van der Waals surface area contributed by atoms with Crippen LogP contribution in [0, 0.1) is 0 Å². The molecule has 12 heteroatoms. The molecule has 2 aromatic heterocycles. The number of anilines is 3. The molecule has 1 aromatic carbocycles. The lowest BCUT2D eigenvalue weighted by atomic mass is 10.1. The molecule has 1 saturated carbocycles. The third kappa shape index (κ3) is 6.71. The van der Waals surface area contributed by atoms with E-state index in [9.17, 15) is 22.8 Å². The summed E-state index contributed by atoms with van der Waals surface area (Å²) in [6, 6.07) is 9.97. The molecule has 4 rings (SSSR count). The maximum absolute atomic E-state index is 13.3. The topological polar surface area (TPSA) is 108 Å². The number of aromatic nitrogens is 2. The number of hydrogen-bond acceptors (Lipinski definition) is 6. The van der Waals surface area contributed by atoms with Crippen molar-refractivity contribution >= 4 is 40.6 Å². The number of halogens is 4. The summed E-state index contributed by atoms with van der Waals surface area (Å²) >= 11 is 5.72. The molecule has 200 valence electrons. The van der Waals surface area contributed by atoms with Gasteiger partial charge in [-0.25, -0.2) is 4.98 Å². The Morgan fingerprint density at radius 3 is 2.45 bits per heavy atom. The largest absolute Gasteiger partial charge is 0.418 e. The Hall–Kier alpha value is -3.86. The second-order valence-corrected chi connectivity index (χ2v) is 9.37. The van der Waals surface area contributed by atoms with E-state index >= 15 is 0 Å². The van der Waals surface area contributed by atoms with Gasteiger partial charge in [0.2, 0.25) is 5.91 Å². The third-order valence-corrected chi connectivity index (χ3v) is 6.18. The molecule has 3 aromatic rings. The lowest BCUT2D eigenvalue weighted by Gasteiger charge is -2.17. The van der Waals surface area contributed by atoms with Gasteiger partial charge in [-0.15, -0.1) is 0 Å². The van der Waals surface area contributed by atoms with Gasteiger partial charge in [-0.1, -0.05) is 18.5 Å². The Morgan fingerprint density at radius 1 is 1.05 bits per heavy atom. The zero-order chi connectivity index (χ0) is 27.3. The third-order valence-electron chi connectivity index (χ3n) is 5.94. The minimum absolute atomic E-state index is 0.0222. The van der Waals surface area contributed by atoms with Crippen LogP contribution in [0.2, 0.25) is 5.02 Å². The molecule has 2 amide bonds. The first-order valence-electron chi connectivity index (χ1n) is 12.0. The molecule has 38 heavy (non-hydrogen) atoms. The lowest BCUT2D eigenvalue weighted by molar-refractivity contribution is -0.137. The summed E-state index contributed by atoms with van der Waals surface area (Å²) in [5, 5.41) is 11.4. The van der Waals surface area contributed by atoms with Crippen LogP contribution in [0.15, 0.2) is 54.9 Å². The second-order valence-electron chi connectivity index (χ2n) is 8.93. The fourth-order valence-corrected chi connectivity index (χ4v) is 3.84. The Morgan fingerprint density at radius 2 is 1.84 bits per heavy atom. The first-order chi connectivity index (χ1) is 18.1. The van der Waals surface area contributed by atoms with Crippen molar-refractivity contribution in [3.05, 3.63) is 76.7 Å². The minimum atomic E-state index is -4.58. The summed E-state index contributed by atoms with van der Waals surface area (Å²) in [5.74, 6) is -0.0499. The Bertz CT molecular complexity index is 1300. The number of alkyl halides is 3. The summed E-state index contributed by atoms with van der Waals surface area (Å²) in [6.07, 6.45) is 0.217. The summed E-state index contributed by atoms with van der Waals surface area (Å²) in [7, 11) is 0. The summed E-state index contributed by atoms with van der Waals surface area (Å²) in [6.45, 7) is 2.90. The SMILES string of the molecule is CCCNc1ccc(C(=O)NC2(C(=O)NCc3ccc(Nc4ccc(Cl)cc4C(F)(F)F)cn3)CC2)cn1. The first-order valence-corrected chi connectivity index (χ1v) is 12.4. The smallest absolute Gasteiger partial charge is 0.370 e. The number of nitrogens with one attached hydrogen (secondary N) is 4. The van der Waals surface area contributed by atoms with Gasteiger partial charge in [0.05, 0.1) is 40.9 Å². The van der Waals surface area contributed by atoms with Crippen LogP contribution >= 0.6 is 11.6 Å². The number of carbonyl (C=O) groups excluding carboxylic acids is 2. The maximum Gasteiger partial charge on any atom is 0.418 e. The average molecular weight is 547 g/mol. The van der Waals surface area contributed by atoms with Crippen LogP contribution in [0.1, 0.15) is 47.8 Å². The van der Waals surface area contributed by atoms with Crippen LogP contribution in [0.25, 0.3) is 0 Å². The molecular weight excluding hydrogens is 521 g/mol. The fraction of sp³-hybridized carbons (Fsp3) is 0.308. The highest BCUT2D eigenvalue weighted by Gasteiger charge is 2.51. The second kappa shape index (κ2) is 11.3. The molecule has 1 fully saturated rings. The van der Waals surface area contributed by atoms with E-state index in [0.717, 1.165) is 19.0 Å². The molecule has 0 aliphatic heterocycles. The van der Waals surface area contributed by atoms with Crippen LogP contribution in [-0.4, -0.2) is 33.9 Å². The van der Waals surface area contributed by atoms with E-state index in [1.807, 2.05) is 6.92 Å². The van der Waals surface area contributed by atoms with Crippen LogP contribution in [0.3, 0.4) is 0 Å². The number of carbonyl (C=O) groups is 2.